The van der Waals surface area contributed by atoms with Crippen LogP contribution in [0.4, 0.5) is 0 Å². The first-order valence-corrected chi connectivity index (χ1v) is 15.5. The molecule has 0 bridgehead atoms. The number of benzene rings is 8. The molecule has 1 aromatic heterocycles. The van der Waals surface area contributed by atoms with Crippen LogP contribution in [0.5, 0.6) is 0 Å². The Morgan fingerprint density at radius 1 is 0.378 bits per heavy atom. The highest BCUT2D eigenvalue weighted by Gasteiger charge is 2.18. The lowest BCUT2D eigenvalue weighted by Gasteiger charge is -2.20. The first-order valence-electron chi connectivity index (χ1n) is 15.5. The molecule has 0 aliphatic carbocycles. The molecule has 1 heterocycles. The Balaban J connectivity index is 1.40. The lowest BCUT2D eigenvalue weighted by molar-refractivity contribution is 1.41. The van der Waals surface area contributed by atoms with Gasteiger partial charge in [-0.2, -0.15) is 0 Å². The Morgan fingerprint density at radius 3 is 1.62 bits per heavy atom. The Morgan fingerprint density at radius 2 is 0.978 bits per heavy atom. The summed E-state index contributed by atoms with van der Waals surface area (Å²) in [5, 5.41) is 8.95. The van der Waals surface area contributed by atoms with Crippen molar-refractivity contribution in [1.29, 1.82) is 0 Å². The summed E-state index contributed by atoms with van der Waals surface area (Å²) in [6.07, 6.45) is 1.86. The van der Waals surface area contributed by atoms with Crippen molar-refractivity contribution >= 4 is 43.2 Å². The number of aromatic nitrogens is 1. The summed E-state index contributed by atoms with van der Waals surface area (Å²) in [6.45, 7) is 2.19. The minimum Gasteiger partial charge on any atom is -0.256 e. The normalized spacial score (nSPS) is 11.7. The number of hydrogen-bond donors (Lipinski definition) is 0. The van der Waals surface area contributed by atoms with Crippen LogP contribution in [-0.2, 0) is 0 Å². The molecule has 0 aliphatic rings. The fourth-order valence-corrected chi connectivity index (χ4v) is 7.17. The zero-order valence-electron chi connectivity index (χ0n) is 25.0. The highest BCUT2D eigenvalue weighted by molar-refractivity contribution is 6.28. The van der Waals surface area contributed by atoms with Crippen LogP contribution in [0.1, 0.15) is 5.56 Å². The SMILES string of the molecule is Cc1cc2ccc3c(-c4cc(-c5ccccc5)cc(-c5ccccc5)c4)cc(-c4ccc5ncccc5c4)c4ccc(c1)c2c34. The summed E-state index contributed by atoms with van der Waals surface area (Å²) in [5.41, 5.74) is 12.1. The van der Waals surface area contributed by atoms with Crippen molar-refractivity contribution in [3.63, 3.8) is 0 Å². The molecule has 45 heavy (non-hydrogen) atoms. The van der Waals surface area contributed by atoms with E-state index in [0.29, 0.717) is 0 Å². The van der Waals surface area contributed by atoms with Crippen molar-refractivity contribution in [1.82, 2.24) is 4.98 Å². The van der Waals surface area contributed by atoms with Gasteiger partial charge < -0.3 is 0 Å². The van der Waals surface area contributed by atoms with Gasteiger partial charge in [0.25, 0.3) is 0 Å². The molecule has 1 nitrogen and oxygen atoms in total. The van der Waals surface area contributed by atoms with Crippen LogP contribution in [0.3, 0.4) is 0 Å². The first kappa shape index (κ1) is 25.7. The van der Waals surface area contributed by atoms with Crippen LogP contribution in [-0.4, -0.2) is 4.98 Å². The van der Waals surface area contributed by atoms with E-state index >= 15 is 0 Å². The Kier molecular flexibility index (Phi) is 5.79. The van der Waals surface area contributed by atoms with Crippen molar-refractivity contribution in [2.24, 2.45) is 0 Å². The molecule has 0 unspecified atom stereocenters. The van der Waals surface area contributed by atoms with E-state index < -0.39 is 0 Å². The van der Waals surface area contributed by atoms with E-state index in [1.165, 1.54) is 82.4 Å². The number of hydrogen-bond acceptors (Lipinski definition) is 1. The minimum absolute atomic E-state index is 1.01. The molecule has 0 saturated heterocycles. The van der Waals surface area contributed by atoms with Crippen molar-refractivity contribution in [2.45, 2.75) is 6.92 Å². The van der Waals surface area contributed by atoms with Gasteiger partial charge in [-0.15, -0.1) is 0 Å². The maximum atomic E-state index is 4.60. The summed E-state index contributed by atoms with van der Waals surface area (Å²) < 4.78 is 0. The first-order chi connectivity index (χ1) is 22.2. The highest BCUT2D eigenvalue weighted by atomic mass is 14.6. The van der Waals surface area contributed by atoms with Gasteiger partial charge in [0.05, 0.1) is 5.52 Å². The summed E-state index contributed by atoms with van der Waals surface area (Å²) in [7, 11) is 0. The number of fused-ring (bicyclic) bond motifs is 1. The monoisotopic (exact) mass is 571 g/mol. The van der Waals surface area contributed by atoms with Gasteiger partial charge in [0.2, 0.25) is 0 Å². The summed E-state index contributed by atoms with van der Waals surface area (Å²) >= 11 is 0. The third-order valence-corrected chi connectivity index (χ3v) is 9.23. The lowest BCUT2D eigenvalue weighted by atomic mass is 9.84. The maximum Gasteiger partial charge on any atom is 0.0702 e. The van der Waals surface area contributed by atoms with E-state index in [-0.39, 0.29) is 0 Å². The standard InChI is InChI=1S/C44H29N/c1-28-21-33-14-17-38-40(31-16-19-42-32(23-31)13-8-20-45-42)27-41(39-18-15-34(22-28)43(33)44(38)39)37-25-35(29-9-4-2-5-10-29)24-36(26-37)30-11-6-3-7-12-30/h2-27H,1H3. The molecule has 0 N–H and O–H groups in total. The molecule has 8 aromatic carbocycles. The molecule has 0 radical (unpaired) electrons. The Labute approximate surface area is 262 Å². The van der Waals surface area contributed by atoms with Crippen LogP contribution < -0.4 is 0 Å². The zero-order valence-corrected chi connectivity index (χ0v) is 25.0. The van der Waals surface area contributed by atoms with Gasteiger partial charge in [-0.05, 0) is 132 Å². The molecular weight excluding hydrogens is 542 g/mol. The van der Waals surface area contributed by atoms with Gasteiger partial charge >= 0.3 is 0 Å². The van der Waals surface area contributed by atoms with Gasteiger partial charge in [0.15, 0.2) is 0 Å². The van der Waals surface area contributed by atoms with Crippen LogP contribution in [0.15, 0.2) is 158 Å². The minimum atomic E-state index is 1.01. The smallest absolute Gasteiger partial charge is 0.0702 e. The van der Waals surface area contributed by atoms with Crippen molar-refractivity contribution in [2.75, 3.05) is 0 Å². The molecule has 0 saturated carbocycles. The number of nitrogens with zero attached hydrogens (tertiary/aromatic N) is 1. The molecule has 9 aromatic rings. The van der Waals surface area contributed by atoms with E-state index in [0.717, 1.165) is 10.9 Å². The lowest BCUT2D eigenvalue weighted by Crippen LogP contribution is -1.93. The van der Waals surface area contributed by atoms with Crippen molar-refractivity contribution in [3.8, 4) is 44.5 Å². The van der Waals surface area contributed by atoms with Gasteiger partial charge in [0, 0.05) is 11.6 Å². The van der Waals surface area contributed by atoms with Crippen LogP contribution >= 0.6 is 0 Å². The third kappa shape index (κ3) is 4.28. The van der Waals surface area contributed by atoms with E-state index in [2.05, 4.69) is 158 Å². The van der Waals surface area contributed by atoms with Gasteiger partial charge in [-0.1, -0.05) is 109 Å². The average Bonchev–Trinajstić information content (AvgIpc) is 3.10. The Hall–Kier alpha value is -5.79. The maximum absolute atomic E-state index is 4.60. The van der Waals surface area contributed by atoms with Crippen LogP contribution in [0.25, 0.3) is 87.7 Å². The molecule has 1 heteroatoms. The van der Waals surface area contributed by atoms with E-state index in [1.54, 1.807) is 0 Å². The fourth-order valence-electron chi connectivity index (χ4n) is 7.17. The molecular formula is C44H29N. The summed E-state index contributed by atoms with van der Waals surface area (Å²) in [4.78, 5) is 4.60. The second kappa shape index (κ2) is 10.1. The number of rotatable bonds is 4. The largest absolute Gasteiger partial charge is 0.256 e. The summed E-state index contributed by atoms with van der Waals surface area (Å²) in [5.74, 6) is 0. The zero-order chi connectivity index (χ0) is 29.9. The second-order valence-electron chi connectivity index (χ2n) is 12.1. The van der Waals surface area contributed by atoms with E-state index in [4.69, 9.17) is 0 Å². The molecule has 0 atom stereocenters. The predicted molar refractivity (Wildman–Crippen MR) is 192 cm³/mol. The topological polar surface area (TPSA) is 12.9 Å². The van der Waals surface area contributed by atoms with Crippen LogP contribution in [0.2, 0.25) is 0 Å². The number of aryl methyl sites for hydroxylation is 1. The fraction of sp³-hybridized carbons (Fsp3) is 0.0227. The van der Waals surface area contributed by atoms with Gasteiger partial charge in [-0.25, -0.2) is 0 Å². The molecule has 9 rings (SSSR count). The molecule has 0 aliphatic heterocycles. The van der Waals surface area contributed by atoms with E-state index in [1.807, 2.05) is 12.3 Å². The van der Waals surface area contributed by atoms with Crippen molar-refractivity contribution < 1.29 is 0 Å². The second-order valence-corrected chi connectivity index (χ2v) is 12.1. The van der Waals surface area contributed by atoms with E-state index in [9.17, 15) is 0 Å². The van der Waals surface area contributed by atoms with Crippen molar-refractivity contribution in [3.05, 3.63) is 163 Å². The Bertz CT molecular complexity index is 2450. The number of pyridine rings is 1. The molecule has 0 spiro atoms. The summed E-state index contributed by atoms with van der Waals surface area (Å²) in [6, 6.07) is 55.7. The average molecular weight is 572 g/mol. The molecule has 0 fully saturated rings. The molecule has 0 amide bonds. The van der Waals surface area contributed by atoms with Gasteiger partial charge in [0.1, 0.15) is 0 Å². The van der Waals surface area contributed by atoms with Crippen LogP contribution in [0, 0.1) is 6.92 Å². The quantitative estimate of drug-likeness (QED) is 0.191. The third-order valence-electron chi connectivity index (χ3n) is 9.23. The van der Waals surface area contributed by atoms with Gasteiger partial charge in [-0.3, -0.25) is 4.98 Å². The predicted octanol–water partition coefficient (Wildman–Crippen LogP) is 12.1. The highest BCUT2D eigenvalue weighted by Crippen LogP contribution is 2.45. The molecule has 210 valence electrons.